The maximum absolute atomic E-state index is 12.0. The molecule has 0 spiro atoms. The highest BCUT2D eigenvalue weighted by molar-refractivity contribution is 9.10. The van der Waals surface area contributed by atoms with Crippen molar-refractivity contribution in [2.75, 3.05) is 5.32 Å². The number of thiazole rings is 1. The average Bonchev–Trinajstić information content (AvgIpc) is 2.80. The zero-order chi connectivity index (χ0) is 14.0. The second-order valence-corrected chi connectivity index (χ2v) is 5.67. The molecule has 0 saturated carbocycles. The summed E-state index contributed by atoms with van der Waals surface area (Å²) in [6.45, 7) is 1.41. The fourth-order valence-electron chi connectivity index (χ4n) is 1.24. The highest BCUT2D eigenvalue weighted by atomic mass is 79.9. The topological polar surface area (TPSA) is 72.0 Å². The van der Waals surface area contributed by atoms with Crippen molar-refractivity contribution in [2.45, 2.75) is 6.92 Å². The Morgan fingerprint density at radius 2 is 2.21 bits per heavy atom. The minimum Gasteiger partial charge on any atom is -0.298 e. The Bertz CT molecular complexity index is 659. The lowest BCUT2D eigenvalue weighted by Gasteiger charge is -2.03. The Kier molecular flexibility index (Phi) is 4.28. The first-order chi connectivity index (χ1) is 8.97. The number of rotatable bonds is 3. The van der Waals surface area contributed by atoms with E-state index in [1.807, 2.05) is 0 Å². The molecule has 5 nitrogen and oxygen atoms in total. The van der Waals surface area contributed by atoms with Gasteiger partial charge in [-0.3, -0.25) is 14.9 Å². The van der Waals surface area contributed by atoms with Gasteiger partial charge in [-0.15, -0.1) is 11.3 Å². The average molecular weight is 361 g/mol. The van der Waals surface area contributed by atoms with Gasteiger partial charge in [0.1, 0.15) is 10.8 Å². The van der Waals surface area contributed by atoms with Crippen LogP contribution in [-0.2, 0) is 0 Å². The van der Waals surface area contributed by atoms with Gasteiger partial charge in [0, 0.05) is 23.0 Å². The number of aromatic nitrogens is 2. The van der Waals surface area contributed by atoms with E-state index in [1.165, 1.54) is 24.5 Å². The number of ketones is 1. The van der Waals surface area contributed by atoms with E-state index in [-0.39, 0.29) is 16.5 Å². The molecule has 8 heteroatoms. The third-order valence-electron chi connectivity index (χ3n) is 2.14. The number of carbonyl (C=O) groups is 2. The van der Waals surface area contributed by atoms with Gasteiger partial charge < -0.3 is 0 Å². The summed E-state index contributed by atoms with van der Waals surface area (Å²) in [6.07, 6.45) is 1.50. The summed E-state index contributed by atoms with van der Waals surface area (Å²) in [5.41, 5.74) is 0.550. The molecule has 0 radical (unpaired) electrons. The van der Waals surface area contributed by atoms with Crippen molar-refractivity contribution in [1.29, 1.82) is 0 Å². The van der Waals surface area contributed by atoms with E-state index in [0.29, 0.717) is 15.3 Å². The highest BCUT2D eigenvalue weighted by Gasteiger charge is 2.14. The first kappa shape index (κ1) is 14.1. The minimum atomic E-state index is -0.428. The summed E-state index contributed by atoms with van der Waals surface area (Å²) in [4.78, 5) is 30.9. The van der Waals surface area contributed by atoms with Gasteiger partial charge in [0.2, 0.25) is 0 Å². The van der Waals surface area contributed by atoms with Crippen LogP contribution in [0.25, 0.3) is 0 Å². The number of halogens is 2. The molecule has 2 aromatic heterocycles. The van der Waals surface area contributed by atoms with Gasteiger partial charge in [0.25, 0.3) is 5.91 Å². The second kappa shape index (κ2) is 5.77. The molecule has 0 bridgehead atoms. The molecule has 0 aliphatic carbocycles. The Balaban J connectivity index is 2.20. The van der Waals surface area contributed by atoms with E-state index < -0.39 is 5.91 Å². The van der Waals surface area contributed by atoms with E-state index >= 15 is 0 Å². The van der Waals surface area contributed by atoms with Crippen molar-refractivity contribution in [3.63, 3.8) is 0 Å². The molecule has 0 aromatic carbocycles. The molecule has 0 aliphatic rings. The van der Waals surface area contributed by atoms with Gasteiger partial charge in [-0.25, -0.2) is 9.97 Å². The van der Waals surface area contributed by atoms with Crippen LogP contribution >= 0.6 is 38.9 Å². The van der Waals surface area contributed by atoms with Gasteiger partial charge in [-0.1, -0.05) is 11.6 Å². The zero-order valence-corrected chi connectivity index (χ0v) is 12.8. The highest BCUT2D eigenvalue weighted by Crippen LogP contribution is 2.21. The normalized spacial score (nSPS) is 10.3. The molecule has 0 atom stereocenters. The molecule has 0 saturated heterocycles. The van der Waals surface area contributed by atoms with Crippen LogP contribution in [0.2, 0.25) is 5.15 Å². The zero-order valence-electron chi connectivity index (χ0n) is 9.61. The molecule has 1 amide bonds. The summed E-state index contributed by atoms with van der Waals surface area (Å²) in [5.74, 6) is -0.581. The van der Waals surface area contributed by atoms with Crippen LogP contribution < -0.4 is 5.32 Å². The molecule has 0 unspecified atom stereocenters. The number of hydrogen-bond donors (Lipinski definition) is 1. The van der Waals surface area contributed by atoms with Gasteiger partial charge in [0.05, 0.1) is 5.56 Å². The molecule has 0 fully saturated rings. The van der Waals surface area contributed by atoms with Gasteiger partial charge in [0.15, 0.2) is 10.9 Å². The summed E-state index contributed by atoms with van der Waals surface area (Å²) >= 11 is 10.2. The summed E-state index contributed by atoms with van der Waals surface area (Å²) in [6, 6.07) is 1.56. The predicted molar refractivity (Wildman–Crippen MR) is 77.0 cm³/mol. The number of nitrogens with zero attached hydrogens (tertiary/aromatic N) is 2. The molecule has 1 N–H and O–H groups in total. The Morgan fingerprint density at radius 1 is 1.47 bits per heavy atom. The largest absolute Gasteiger partial charge is 0.298 e. The van der Waals surface area contributed by atoms with Crippen molar-refractivity contribution in [1.82, 2.24) is 9.97 Å². The van der Waals surface area contributed by atoms with Gasteiger partial charge >= 0.3 is 0 Å². The lowest BCUT2D eigenvalue weighted by Crippen LogP contribution is -2.13. The number of anilines is 1. The number of amides is 1. The first-order valence-electron chi connectivity index (χ1n) is 5.06. The number of Topliss-reactive ketones (excluding diaryl/α,β-unsaturated/α-hetero) is 1. The van der Waals surface area contributed by atoms with E-state index in [1.54, 1.807) is 11.4 Å². The Morgan fingerprint density at radius 3 is 2.84 bits per heavy atom. The van der Waals surface area contributed by atoms with E-state index in [9.17, 15) is 9.59 Å². The van der Waals surface area contributed by atoms with E-state index in [4.69, 9.17) is 11.6 Å². The van der Waals surface area contributed by atoms with Gasteiger partial charge in [-0.05, 0) is 22.0 Å². The van der Waals surface area contributed by atoms with Crippen LogP contribution in [-0.4, -0.2) is 21.7 Å². The fourth-order valence-corrected chi connectivity index (χ4v) is 2.50. The van der Waals surface area contributed by atoms with Crippen LogP contribution in [0.3, 0.4) is 0 Å². The Labute approximate surface area is 126 Å². The number of hydrogen-bond acceptors (Lipinski definition) is 5. The molecule has 2 heterocycles. The Hall–Kier alpha value is -1.31. The smallest absolute Gasteiger partial charge is 0.260 e. The molecule has 0 aliphatic heterocycles. The van der Waals surface area contributed by atoms with Crippen LogP contribution in [0.15, 0.2) is 22.1 Å². The minimum absolute atomic E-state index is 0.101. The lowest BCUT2D eigenvalue weighted by molar-refractivity contribution is 0.100. The van der Waals surface area contributed by atoms with Crippen molar-refractivity contribution in [3.05, 3.63) is 38.5 Å². The third kappa shape index (κ3) is 3.37. The molecule has 19 heavy (non-hydrogen) atoms. The van der Waals surface area contributed by atoms with Crippen LogP contribution in [0.1, 0.15) is 27.8 Å². The number of nitrogens with one attached hydrogen (secondary N) is 1. The second-order valence-electron chi connectivity index (χ2n) is 3.54. The number of pyridine rings is 1. The van der Waals surface area contributed by atoms with Crippen LogP contribution in [0, 0.1) is 0 Å². The quantitative estimate of drug-likeness (QED) is 0.672. The fraction of sp³-hybridized carbons (Fsp3) is 0.0909. The van der Waals surface area contributed by atoms with Crippen LogP contribution in [0.5, 0.6) is 0 Å². The first-order valence-corrected chi connectivity index (χ1v) is 7.11. The SMILES string of the molecule is CC(=O)c1csc(NC(=O)c2cc(Br)cnc2Cl)n1. The lowest BCUT2D eigenvalue weighted by atomic mass is 10.3. The maximum atomic E-state index is 12.0. The number of carbonyl (C=O) groups excluding carboxylic acids is 2. The summed E-state index contributed by atoms with van der Waals surface area (Å²) in [7, 11) is 0. The summed E-state index contributed by atoms with van der Waals surface area (Å²) < 4.78 is 0.644. The van der Waals surface area contributed by atoms with Crippen molar-refractivity contribution in [2.24, 2.45) is 0 Å². The van der Waals surface area contributed by atoms with Gasteiger partial charge in [-0.2, -0.15) is 0 Å². The third-order valence-corrected chi connectivity index (χ3v) is 3.63. The molecular weight excluding hydrogens is 354 g/mol. The predicted octanol–water partition coefficient (Wildman–Crippen LogP) is 3.41. The molecule has 2 aromatic rings. The molecular formula is C11H7BrClN3O2S. The maximum Gasteiger partial charge on any atom is 0.260 e. The summed E-state index contributed by atoms with van der Waals surface area (Å²) in [5, 5.41) is 4.59. The van der Waals surface area contributed by atoms with Crippen molar-refractivity contribution in [3.8, 4) is 0 Å². The molecule has 2 rings (SSSR count). The van der Waals surface area contributed by atoms with E-state index in [0.717, 1.165) is 0 Å². The standard InChI is InChI=1S/C11H7BrClN3O2S/c1-5(17)8-4-19-11(15-8)16-10(18)7-2-6(12)3-14-9(7)13/h2-4H,1H3,(H,15,16,18). The van der Waals surface area contributed by atoms with Crippen molar-refractivity contribution < 1.29 is 9.59 Å². The van der Waals surface area contributed by atoms with Crippen LogP contribution in [0.4, 0.5) is 5.13 Å². The van der Waals surface area contributed by atoms with Crippen molar-refractivity contribution >= 4 is 55.7 Å². The van der Waals surface area contributed by atoms with E-state index in [2.05, 4.69) is 31.2 Å². The monoisotopic (exact) mass is 359 g/mol. The molecule has 98 valence electrons.